The van der Waals surface area contributed by atoms with E-state index in [-0.39, 0.29) is 21.2 Å². The van der Waals surface area contributed by atoms with Crippen LogP contribution in [0.3, 0.4) is 0 Å². The molecule has 0 bridgehead atoms. The first kappa shape index (κ1) is 15.7. The molecule has 23 heavy (non-hydrogen) atoms. The summed E-state index contributed by atoms with van der Waals surface area (Å²) in [5.41, 5.74) is 1.86. The van der Waals surface area contributed by atoms with Gasteiger partial charge in [-0.25, -0.2) is 0 Å². The van der Waals surface area contributed by atoms with Gasteiger partial charge in [-0.15, -0.1) is 0 Å². The Morgan fingerprint density at radius 2 is 1.78 bits per heavy atom. The summed E-state index contributed by atoms with van der Waals surface area (Å²) in [7, 11) is 1.54. The number of hydrogen-bond donors (Lipinski definition) is 1. The van der Waals surface area contributed by atoms with E-state index in [1.54, 1.807) is 19.2 Å². The summed E-state index contributed by atoms with van der Waals surface area (Å²) in [6.45, 7) is 1.87. The zero-order valence-electron chi connectivity index (χ0n) is 12.3. The van der Waals surface area contributed by atoms with Crippen LogP contribution in [0.1, 0.15) is 5.56 Å². The summed E-state index contributed by atoms with van der Waals surface area (Å²) in [6, 6.07) is 6.32. The summed E-state index contributed by atoms with van der Waals surface area (Å²) in [5.74, 6) is 0.378. The Bertz CT molecular complexity index is 953. The number of benzene rings is 2. The molecule has 1 aromatic heterocycles. The van der Waals surface area contributed by atoms with Gasteiger partial charge in [-0.3, -0.25) is 4.79 Å². The van der Waals surface area contributed by atoms with E-state index < -0.39 is 0 Å². The lowest BCUT2D eigenvalue weighted by Gasteiger charge is -2.08. The van der Waals surface area contributed by atoms with E-state index in [4.69, 9.17) is 32.4 Å². The van der Waals surface area contributed by atoms with Crippen molar-refractivity contribution in [1.29, 1.82) is 0 Å². The van der Waals surface area contributed by atoms with Crippen LogP contribution in [0, 0.1) is 6.92 Å². The van der Waals surface area contributed by atoms with Crippen molar-refractivity contribution in [2.45, 2.75) is 6.92 Å². The topological polar surface area (TPSA) is 59.7 Å². The average Bonchev–Trinajstić information content (AvgIpc) is 2.52. The quantitative estimate of drug-likeness (QED) is 0.721. The minimum absolute atomic E-state index is 0.0634. The molecule has 0 atom stereocenters. The number of aryl methyl sites for hydroxylation is 1. The van der Waals surface area contributed by atoms with Crippen LogP contribution in [-0.4, -0.2) is 12.2 Å². The molecule has 0 aliphatic carbocycles. The molecular formula is C17H12Cl2O4. The van der Waals surface area contributed by atoms with Crippen molar-refractivity contribution in [3.05, 3.63) is 56.4 Å². The summed E-state index contributed by atoms with van der Waals surface area (Å²) < 4.78 is 10.8. The first-order valence-corrected chi connectivity index (χ1v) is 7.46. The van der Waals surface area contributed by atoms with Crippen LogP contribution in [0.15, 0.2) is 39.7 Å². The van der Waals surface area contributed by atoms with Gasteiger partial charge in [0, 0.05) is 0 Å². The molecule has 0 unspecified atom stereocenters. The molecule has 0 saturated carbocycles. The van der Waals surface area contributed by atoms with Crippen LogP contribution in [-0.2, 0) is 0 Å². The smallest absolute Gasteiger partial charge is 0.200 e. The molecule has 4 nitrogen and oxygen atoms in total. The molecule has 0 spiro atoms. The van der Waals surface area contributed by atoms with E-state index in [2.05, 4.69) is 0 Å². The molecule has 118 valence electrons. The number of ether oxygens (including phenoxy) is 1. The molecule has 3 aromatic rings. The number of aromatic hydroxyl groups is 1. The van der Waals surface area contributed by atoms with Gasteiger partial charge < -0.3 is 14.3 Å². The van der Waals surface area contributed by atoms with Crippen LogP contribution in [0.4, 0.5) is 0 Å². The normalized spacial score (nSPS) is 11.0. The van der Waals surface area contributed by atoms with Gasteiger partial charge in [0.2, 0.25) is 5.43 Å². The fourth-order valence-corrected chi connectivity index (χ4v) is 2.88. The largest absolute Gasteiger partial charge is 0.505 e. The lowest BCUT2D eigenvalue weighted by Crippen LogP contribution is -2.05. The van der Waals surface area contributed by atoms with E-state index in [9.17, 15) is 9.90 Å². The summed E-state index contributed by atoms with van der Waals surface area (Å²) in [4.78, 5) is 12.8. The molecular weight excluding hydrogens is 339 g/mol. The Balaban J connectivity index is 2.29. The van der Waals surface area contributed by atoms with Gasteiger partial charge in [-0.1, -0.05) is 23.2 Å². The van der Waals surface area contributed by atoms with Crippen molar-refractivity contribution in [3.63, 3.8) is 0 Å². The van der Waals surface area contributed by atoms with E-state index >= 15 is 0 Å². The second-order valence-corrected chi connectivity index (χ2v) is 5.90. The first-order chi connectivity index (χ1) is 10.9. The van der Waals surface area contributed by atoms with Crippen molar-refractivity contribution >= 4 is 34.2 Å². The number of phenols is 1. The monoisotopic (exact) mass is 350 g/mol. The van der Waals surface area contributed by atoms with Gasteiger partial charge in [0.15, 0.2) is 5.75 Å². The lowest BCUT2D eigenvalue weighted by molar-refractivity contribution is 0.412. The van der Waals surface area contributed by atoms with Crippen LogP contribution in [0.2, 0.25) is 10.0 Å². The number of rotatable bonds is 2. The molecule has 6 heteroatoms. The predicted octanol–water partition coefficient (Wildman–Crippen LogP) is 4.79. The van der Waals surface area contributed by atoms with E-state index in [0.717, 1.165) is 5.56 Å². The fraction of sp³-hybridized carbons (Fsp3) is 0.118. The molecule has 1 heterocycles. The van der Waals surface area contributed by atoms with Crippen molar-refractivity contribution in [3.8, 4) is 22.6 Å². The summed E-state index contributed by atoms with van der Waals surface area (Å²) in [5, 5.41) is 10.2. The van der Waals surface area contributed by atoms with Crippen molar-refractivity contribution in [1.82, 2.24) is 0 Å². The third kappa shape index (κ3) is 2.64. The molecule has 0 fully saturated rings. The molecule has 0 radical (unpaired) electrons. The molecule has 2 aromatic carbocycles. The van der Waals surface area contributed by atoms with Crippen LogP contribution < -0.4 is 10.2 Å². The highest BCUT2D eigenvalue weighted by Crippen LogP contribution is 2.36. The Morgan fingerprint density at radius 3 is 2.39 bits per heavy atom. The lowest BCUT2D eigenvalue weighted by atomic mass is 10.0. The summed E-state index contributed by atoms with van der Waals surface area (Å²) >= 11 is 11.8. The van der Waals surface area contributed by atoms with Crippen LogP contribution >= 0.6 is 23.2 Å². The highest BCUT2D eigenvalue weighted by Gasteiger charge is 2.14. The van der Waals surface area contributed by atoms with Gasteiger partial charge in [0.05, 0.1) is 28.1 Å². The maximum absolute atomic E-state index is 12.8. The third-order valence-corrected chi connectivity index (χ3v) is 4.19. The van der Waals surface area contributed by atoms with Gasteiger partial charge >= 0.3 is 0 Å². The van der Waals surface area contributed by atoms with E-state index in [1.807, 2.05) is 6.92 Å². The predicted molar refractivity (Wildman–Crippen MR) is 90.9 cm³/mol. The molecule has 1 N–H and O–H groups in total. The molecule has 3 rings (SSSR count). The Labute approximate surface area is 141 Å². The number of halogens is 2. The van der Waals surface area contributed by atoms with Crippen LogP contribution in [0.25, 0.3) is 22.1 Å². The van der Waals surface area contributed by atoms with Gasteiger partial charge in [0.25, 0.3) is 0 Å². The van der Waals surface area contributed by atoms with Gasteiger partial charge in [0.1, 0.15) is 17.6 Å². The zero-order valence-corrected chi connectivity index (χ0v) is 13.8. The Hall–Kier alpha value is -2.17. The highest BCUT2D eigenvalue weighted by molar-refractivity contribution is 6.37. The highest BCUT2D eigenvalue weighted by atomic mass is 35.5. The average molecular weight is 351 g/mol. The zero-order chi connectivity index (χ0) is 16.7. The second-order valence-electron chi connectivity index (χ2n) is 5.08. The number of phenolic OH excluding ortho intramolecular Hbond substituents is 1. The first-order valence-electron chi connectivity index (χ1n) is 6.71. The maximum Gasteiger partial charge on any atom is 0.200 e. The van der Waals surface area contributed by atoms with Gasteiger partial charge in [-0.05, 0) is 42.3 Å². The van der Waals surface area contributed by atoms with Crippen molar-refractivity contribution in [2.75, 3.05) is 7.11 Å². The Morgan fingerprint density at radius 1 is 1.13 bits per heavy atom. The molecule has 0 aliphatic rings. The van der Waals surface area contributed by atoms with Crippen molar-refractivity contribution < 1.29 is 14.3 Å². The molecule has 0 aliphatic heterocycles. The molecule has 0 saturated heterocycles. The second kappa shape index (κ2) is 5.80. The van der Waals surface area contributed by atoms with E-state index in [0.29, 0.717) is 27.8 Å². The maximum atomic E-state index is 12.8. The third-order valence-electron chi connectivity index (χ3n) is 3.62. The minimum Gasteiger partial charge on any atom is -0.505 e. The summed E-state index contributed by atoms with van der Waals surface area (Å²) in [6.07, 6.45) is 1.36. The number of methoxy groups -OCH3 is 1. The minimum atomic E-state index is -0.234. The van der Waals surface area contributed by atoms with Crippen molar-refractivity contribution in [2.24, 2.45) is 0 Å². The van der Waals surface area contributed by atoms with E-state index in [1.165, 1.54) is 18.4 Å². The number of hydrogen-bond acceptors (Lipinski definition) is 4. The SMILES string of the molecule is COc1cc2c(=O)c(-c3cc(Cl)c(O)c(Cl)c3)coc2cc1C. The Kier molecular flexibility index (Phi) is 3.96. The molecule has 0 amide bonds. The van der Waals surface area contributed by atoms with Gasteiger partial charge in [-0.2, -0.15) is 0 Å². The van der Waals surface area contributed by atoms with Crippen LogP contribution in [0.5, 0.6) is 11.5 Å². The number of fused-ring (bicyclic) bond motifs is 1. The standard InChI is InChI=1S/C17H12Cl2O4/c1-8-3-15-10(6-14(8)22-2)16(20)11(7-23-15)9-4-12(18)17(21)13(19)5-9/h3-7,21H,1-2H3. The fourth-order valence-electron chi connectivity index (χ4n) is 2.40.